The van der Waals surface area contributed by atoms with Crippen molar-refractivity contribution in [2.75, 3.05) is 18.0 Å². The van der Waals surface area contributed by atoms with E-state index in [1.54, 1.807) is 23.3 Å². The number of hydrogen-bond acceptors (Lipinski definition) is 4. The van der Waals surface area contributed by atoms with Gasteiger partial charge in [0, 0.05) is 37.7 Å². The molecule has 104 valence electrons. The summed E-state index contributed by atoms with van der Waals surface area (Å²) >= 11 is 0. The quantitative estimate of drug-likeness (QED) is 0.888. The summed E-state index contributed by atoms with van der Waals surface area (Å²) in [7, 11) is 0. The molecule has 1 fully saturated rings. The van der Waals surface area contributed by atoms with Crippen molar-refractivity contribution in [2.24, 2.45) is 0 Å². The zero-order valence-corrected chi connectivity index (χ0v) is 11.1. The molecule has 2 aromatic rings. The van der Waals surface area contributed by atoms with Crippen LogP contribution in [0.1, 0.15) is 6.42 Å². The maximum atomic E-state index is 11.9. The van der Waals surface area contributed by atoms with E-state index in [9.17, 15) is 4.79 Å². The zero-order valence-electron chi connectivity index (χ0n) is 11.1. The van der Waals surface area contributed by atoms with Gasteiger partial charge in [-0.15, -0.1) is 0 Å². The Morgan fingerprint density at radius 3 is 3.05 bits per heavy atom. The van der Waals surface area contributed by atoms with Crippen LogP contribution in [-0.4, -0.2) is 39.8 Å². The van der Waals surface area contributed by atoms with Gasteiger partial charge in [-0.1, -0.05) is 6.07 Å². The highest BCUT2D eigenvalue weighted by Gasteiger charge is 2.24. The maximum Gasteiger partial charge on any atom is 0.242 e. The Morgan fingerprint density at radius 1 is 1.35 bits per heavy atom. The lowest BCUT2D eigenvalue weighted by Gasteiger charge is -2.17. The van der Waals surface area contributed by atoms with Gasteiger partial charge in [-0.05, 0) is 24.6 Å². The van der Waals surface area contributed by atoms with Crippen molar-refractivity contribution in [3.05, 3.63) is 42.9 Å². The lowest BCUT2D eigenvalue weighted by molar-refractivity contribution is -0.122. The van der Waals surface area contributed by atoms with Crippen LogP contribution in [0.25, 0.3) is 0 Å². The molecule has 1 unspecified atom stereocenters. The number of carbonyl (C=O) groups excluding carboxylic acids is 1. The molecule has 1 saturated heterocycles. The van der Waals surface area contributed by atoms with Gasteiger partial charge in [0.05, 0.1) is 0 Å². The second kappa shape index (κ2) is 5.73. The number of nitrogens with zero attached hydrogens (tertiary/aromatic N) is 4. The summed E-state index contributed by atoms with van der Waals surface area (Å²) in [6, 6.07) is 7.87. The second-order valence-electron chi connectivity index (χ2n) is 4.89. The fraction of sp³-hybridized carbons (Fsp3) is 0.357. The SMILES string of the molecule is O=C(Cn1cccn1)NC1CCN(c2ccccn2)C1. The predicted molar refractivity (Wildman–Crippen MR) is 75.2 cm³/mol. The van der Waals surface area contributed by atoms with Crippen LogP contribution in [0.5, 0.6) is 0 Å². The molecule has 2 aromatic heterocycles. The minimum atomic E-state index is 0.00145. The van der Waals surface area contributed by atoms with E-state index in [1.165, 1.54) is 0 Å². The molecule has 1 amide bonds. The number of hydrogen-bond donors (Lipinski definition) is 1. The first-order chi connectivity index (χ1) is 9.81. The van der Waals surface area contributed by atoms with Crippen molar-refractivity contribution in [3.8, 4) is 0 Å². The molecule has 0 bridgehead atoms. The zero-order chi connectivity index (χ0) is 13.8. The average Bonchev–Trinajstić information content (AvgIpc) is 3.11. The molecular formula is C14H17N5O. The number of pyridine rings is 1. The minimum Gasteiger partial charge on any atom is -0.354 e. The van der Waals surface area contributed by atoms with E-state index in [1.807, 2.05) is 24.3 Å². The number of amides is 1. The van der Waals surface area contributed by atoms with Gasteiger partial charge in [-0.3, -0.25) is 9.48 Å². The van der Waals surface area contributed by atoms with Gasteiger partial charge < -0.3 is 10.2 Å². The summed E-state index contributed by atoms with van der Waals surface area (Å²) in [6.45, 7) is 2.00. The Labute approximate surface area is 117 Å². The normalized spacial score (nSPS) is 18.2. The molecule has 0 aliphatic carbocycles. The number of carbonyl (C=O) groups is 1. The van der Waals surface area contributed by atoms with E-state index in [2.05, 4.69) is 20.3 Å². The summed E-state index contributed by atoms with van der Waals surface area (Å²) in [5, 5.41) is 7.08. The highest BCUT2D eigenvalue weighted by atomic mass is 16.2. The van der Waals surface area contributed by atoms with Crippen LogP contribution < -0.4 is 10.2 Å². The molecule has 3 rings (SSSR count). The van der Waals surface area contributed by atoms with E-state index in [4.69, 9.17) is 0 Å². The van der Waals surface area contributed by atoms with Crippen molar-refractivity contribution in [1.29, 1.82) is 0 Å². The first kappa shape index (κ1) is 12.7. The molecule has 1 aliphatic rings. The van der Waals surface area contributed by atoms with Crippen LogP contribution in [0.2, 0.25) is 0 Å². The number of nitrogens with one attached hydrogen (secondary N) is 1. The summed E-state index contributed by atoms with van der Waals surface area (Å²) in [4.78, 5) is 18.4. The highest BCUT2D eigenvalue weighted by molar-refractivity contribution is 5.76. The summed E-state index contributed by atoms with van der Waals surface area (Å²) in [5.74, 6) is 0.970. The summed E-state index contributed by atoms with van der Waals surface area (Å²) in [5.41, 5.74) is 0. The Bertz CT molecular complexity index is 554. The van der Waals surface area contributed by atoms with Crippen LogP contribution in [-0.2, 0) is 11.3 Å². The number of anilines is 1. The van der Waals surface area contributed by atoms with Gasteiger partial charge >= 0.3 is 0 Å². The van der Waals surface area contributed by atoms with Crippen molar-refractivity contribution in [1.82, 2.24) is 20.1 Å². The van der Waals surface area contributed by atoms with Crippen molar-refractivity contribution >= 4 is 11.7 Å². The Kier molecular flexibility index (Phi) is 3.62. The van der Waals surface area contributed by atoms with Crippen LogP contribution in [0, 0.1) is 0 Å². The topological polar surface area (TPSA) is 63.1 Å². The van der Waals surface area contributed by atoms with Gasteiger partial charge in [0.2, 0.25) is 5.91 Å². The molecule has 6 heteroatoms. The fourth-order valence-corrected chi connectivity index (χ4v) is 2.44. The fourth-order valence-electron chi connectivity index (χ4n) is 2.44. The van der Waals surface area contributed by atoms with Crippen LogP contribution in [0.4, 0.5) is 5.82 Å². The van der Waals surface area contributed by atoms with E-state index in [0.29, 0.717) is 0 Å². The molecule has 0 radical (unpaired) electrons. The molecule has 1 N–H and O–H groups in total. The van der Waals surface area contributed by atoms with Gasteiger partial charge in [0.15, 0.2) is 0 Å². The van der Waals surface area contributed by atoms with Crippen molar-refractivity contribution in [2.45, 2.75) is 19.0 Å². The first-order valence-electron chi connectivity index (χ1n) is 6.74. The Hall–Kier alpha value is -2.37. The Morgan fingerprint density at radius 2 is 2.30 bits per heavy atom. The van der Waals surface area contributed by atoms with Gasteiger partial charge in [-0.25, -0.2) is 4.98 Å². The van der Waals surface area contributed by atoms with E-state index >= 15 is 0 Å². The van der Waals surface area contributed by atoms with Crippen LogP contribution in [0.3, 0.4) is 0 Å². The molecule has 0 aromatic carbocycles. The van der Waals surface area contributed by atoms with E-state index < -0.39 is 0 Å². The lowest BCUT2D eigenvalue weighted by Crippen LogP contribution is -2.39. The third-order valence-electron chi connectivity index (χ3n) is 3.39. The standard InChI is InChI=1S/C14H17N5O/c20-14(11-19-8-3-7-16-19)17-12-5-9-18(10-12)13-4-1-2-6-15-13/h1-4,6-8,12H,5,9-11H2,(H,17,20). The summed E-state index contributed by atoms with van der Waals surface area (Å²) in [6.07, 6.45) is 6.19. The van der Waals surface area contributed by atoms with Crippen molar-refractivity contribution in [3.63, 3.8) is 0 Å². The molecule has 6 nitrogen and oxygen atoms in total. The third-order valence-corrected chi connectivity index (χ3v) is 3.39. The molecule has 0 saturated carbocycles. The molecule has 20 heavy (non-hydrogen) atoms. The molecule has 1 atom stereocenters. The number of rotatable bonds is 4. The number of aromatic nitrogens is 3. The van der Waals surface area contributed by atoms with E-state index in [0.717, 1.165) is 25.3 Å². The minimum absolute atomic E-state index is 0.00145. The molecular weight excluding hydrogens is 254 g/mol. The van der Waals surface area contributed by atoms with E-state index in [-0.39, 0.29) is 18.5 Å². The highest BCUT2D eigenvalue weighted by Crippen LogP contribution is 2.17. The smallest absolute Gasteiger partial charge is 0.242 e. The van der Waals surface area contributed by atoms with Crippen LogP contribution >= 0.6 is 0 Å². The molecule has 0 spiro atoms. The Balaban J connectivity index is 1.52. The predicted octanol–water partition coefficient (Wildman–Crippen LogP) is 0.673. The third kappa shape index (κ3) is 2.96. The van der Waals surface area contributed by atoms with Gasteiger partial charge in [0.1, 0.15) is 12.4 Å². The average molecular weight is 271 g/mol. The monoisotopic (exact) mass is 271 g/mol. The maximum absolute atomic E-state index is 11.9. The largest absolute Gasteiger partial charge is 0.354 e. The molecule has 1 aliphatic heterocycles. The van der Waals surface area contributed by atoms with Crippen LogP contribution in [0.15, 0.2) is 42.9 Å². The van der Waals surface area contributed by atoms with Gasteiger partial charge in [-0.2, -0.15) is 5.10 Å². The molecule has 3 heterocycles. The van der Waals surface area contributed by atoms with Crippen molar-refractivity contribution < 1.29 is 4.79 Å². The first-order valence-corrected chi connectivity index (χ1v) is 6.74. The lowest BCUT2D eigenvalue weighted by atomic mass is 10.2. The second-order valence-corrected chi connectivity index (χ2v) is 4.89. The van der Waals surface area contributed by atoms with Gasteiger partial charge in [0.25, 0.3) is 0 Å². The summed E-state index contributed by atoms with van der Waals surface area (Å²) < 4.78 is 1.63.